The molecule has 102 valence electrons. The van der Waals surface area contributed by atoms with Gasteiger partial charge in [-0.05, 0) is 44.0 Å². The predicted molar refractivity (Wildman–Crippen MR) is 75.1 cm³/mol. The lowest BCUT2D eigenvalue weighted by atomic mass is 10.0. The van der Waals surface area contributed by atoms with Crippen molar-refractivity contribution in [3.8, 4) is 5.75 Å². The second-order valence-corrected chi connectivity index (χ2v) is 4.27. The zero-order valence-electron chi connectivity index (χ0n) is 11.7. The van der Waals surface area contributed by atoms with E-state index in [0.29, 0.717) is 6.04 Å². The predicted octanol–water partition coefficient (Wildman–Crippen LogP) is 3.16. The molecule has 18 heavy (non-hydrogen) atoms. The van der Waals surface area contributed by atoms with Gasteiger partial charge >= 0.3 is 0 Å². The molecule has 0 saturated carbocycles. The summed E-state index contributed by atoms with van der Waals surface area (Å²) in [6, 6.07) is 8.59. The molecule has 0 saturated heterocycles. The normalized spacial score (nSPS) is 12.4. The Morgan fingerprint density at radius 1 is 1.28 bits per heavy atom. The molecule has 0 radical (unpaired) electrons. The van der Waals surface area contributed by atoms with Crippen LogP contribution < -0.4 is 10.1 Å². The third kappa shape index (κ3) is 5.07. The molecule has 0 heterocycles. The Morgan fingerprint density at radius 3 is 2.78 bits per heavy atom. The van der Waals surface area contributed by atoms with E-state index in [1.807, 2.05) is 19.1 Å². The average molecular weight is 251 g/mol. The lowest BCUT2D eigenvalue weighted by Crippen LogP contribution is -2.23. The first-order chi connectivity index (χ1) is 8.81. The van der Waals surface area contributed by atoms with Crippen molar-refractivity contribution in [1.29, 1.82) is 0 Å². The Hall–Kier alpha value is -1.06. The molecule has 1 atom stereocenters. The molecular weight excluding hydrogens is 226 g/mol. The number of ether oxygens (including phenoxy) is 2. The second-order valence-electron chi connectivity index (χ2n) is 4.27. The number of benzene rings is 1. The molecule has 1 rings (SSSR count). The van der Waals surface area contributed by atoms with Gasteiger partial charge in [-0.25, -0.2) is 0 Å². The van der Waals surface area contributed by atoms with Gasteiger partial charge in [0, 0.05) is 19.3 Å². The molecule has 1 N–H and O–H groups in total. The SMILES string of the molecule is CCCNC(CCOCC)c1cccc(OC)c1. The standard InChI is InChI=1S/C15H25NO2/c1-4-10-16-15(9-11-18-5-2)13-7-6-8-14(12-13)17-3/h6-8,12,15-16H,4-5,9-11H2,1-3H3. The highest BCUT2D eigenvalue weighted by Gasteiger charge is 2.11. The summed E-state index contributed by atoms with van der Waals surface area (Å²) in [4.78, 5) is 0. The highest BCUT2D eigenvalue weighted by atomic mass is 16.5. The van der Waals surface area contributed by atoms with E-state index in [-0.39, 0.29) is 0 Å². The van der Waals surface area contributed by atoms with Crippen molar-refractivity contribution < 1.29 is 9.47 Å². The molecule has 0 aliphatic heterocycles. The first kappa shape index (κ1) is 15.0. The van der Waals surface area contributed by atoms with Gasteiger partial charge < -0.3 is 14.8 Å². The molecule has 0 fully saturated rings. The molecule has 1 unspecified atom stereocenters. The zero-order valence-corrected chi connectivity index (χ0v) is 11.7. The number of hydrogen-bond acceptors (Lipinski definition) is 3. The van der Waals surface area contributed by atoms with Crippen molar-refractivity contribution in [2.45, 2.75) is 32.7 Å². The summed E-state index contributed by atoms with van der Waals surface area (Å²) in [6.07, 6.45) is 2.12. The number of hydrogen-bond donors (Lipinski definition) is 1. The van der Waals surface area contributed by atoms with E-state index in [9.17, 15) is 0 Å². The monoisotopic (exact) mass is 251 g/mol. The van der Waals surface area contributed by atoms with Gasteiger partial charge in [0.2, 0.25) is 0 Å². The fourth-order valence-corrected chi connectivity index (χ4v) is 1.91. The zero-order chi connectivity index (χ0) is 13.2. The van der Waals surface area contributed by atoms with Gasteiger partial charge in [0.05, 0.1) is 7.11 Å². The highest BCUT2D eigenvalue weighted by molar-refractivity contribution is 5.30. The van der Waals surface area contributed by atoms with Crippen LogP contribution in [0.1, 0.15) is 38.3 Å². The summed E-state index contributed by atoms with van der Waals surface area (Å²) in [5.74, 6) is 0.909. The lowest BCUT2D eigenvalue weighted by molar-refractivity contribution is 0.136. The Bertz CT molecular complexity index is 328. The van der Waals surface area contributed by atoms with Crippen LogP contribution in [-0.2, 0) is 4.74 Å². The maximum absolute atomic E-state index is 5.45. The number of rotatable bonds is 9. The fraction of sp³-hybridized carbons (Fsp3) is 0.600. The summed E-state index contributed by atoms with van der Waals surface area (Å²) in [5.41, 5.74) is 1.27. The van der Waals surface area contributed by atoms with Crippen molar-refractivity contribution >= 4 is 0 Å². The van der Waals surface area contributed by atoms with Crippen LogP contribution in [0.2, 0.25) is 0 Å². The van der Waals surface area contributed by atoms with Gasteiger partial charge in [-0.2, -0.15) is 0 Å². The first-order valence-corrected chi connectivity index (χ1v) is 6.76. The summed E-state index contributed by atoms with van der Waals surface area (Å²) < 4.78 is 10.7. The number of nitrogens with one attached hydrogen (secondary N) is 1. The van der Waals surface area contributed by atoms with Crippen molar-refractivity contribution in [2.24, 2.45) is 0 Å². The molecule has 0 spiro atoms. The van der Waals surface area contributed by atoms with Gasteiger partial charge in [0.15, 0.2) is 0 Å². The smallest absolute Gasteiger partial charge is 0.119 e. The largest absolute Gasteiger partial charge is 0.497 e. The third-order valence-corrected chi connectivity index (χ3v) is 2.89. The molecule has 0 aromatic heterocycles. The minimum atomic E-state index is 0.339. The molecule has 1 aromatic carbocycles. The van der Waals surface area contributed by atoms with Crippen molar-refractivity contribution in [3.63, 3.8) is 0 Å². The van der Waals surface area contributed by atoms with Gasteiger partial charge in [-0.15, -0.1) is 0 Å². The average Bonchev–Trinajstić information content (AvgIpc) is 2.42. The fourth-order valence-electron chi connectivity index (χ4n) is 1.91. The maximum atomic E-state index is 5.45. The van der Waals surface area contributed by atoms with Crippen LogP contribution in [0, 0.1) is 0 Å². The molecule has 0 amide bonds. The van der Waals surface area contributed by atoms with E-state index >= 15 is 0 Å². The summed E-state index contributed by atoms with van der Waals surface area (Å²) in [5, 5.41) is 3.56. The van der Waals surface area contributed by atoms with Gasteiger partial charge in [0.1, 0.15) is 5.75 Å². The summed E-state index contributed by atoms with van der Waals surface area (Å²) in [7, 11) is 1.70. The Morgan fingerprint density at radius 2 is 2.11 bits per heavy atom. The van der Waals surface area contributed by atoms with Crippen LogP contribution in [0.3, 0.4) is 0 Å². The Kier molecular flexibility index (Phi) is 7.46. The quantitative estimate of drug-likeness (QED) is 0.684. The van der Waals surface area contributed by atoms with Crippen LogP contribution in [0.4, 0.5) is 0 Å². The summed E-state index contributed by atoms with van der Waals surface area (Å²) in [6.45, 7) is 6.79. The minimum absolute atomic E-state index is 0.339. The van der Waals surface area contributed by atoms with Crippen LogP contribution in [0.25, 0.3) is 0 Å². The number of methoxy groups -OCH3 is 1. The minimum Gasteiger partial charge on any atom is -0.497 e. The van der Waals surface area contributed by atoms with Crippen molar-refractivity contribution in [1.82, 2.24) is 5.32 Å². The van der Waals surface area contributed by atoms with E-state index in [1.165, 1.54) is 5.56 Å². The maximum Gasteiger partial charge on any atom is 0.119 e. The van der Waals surface area contributed by atoms with Crippen LogP contribution in [0.15, 0.2) is 24.3 Å². The second kappa shape index (κ2) is 8.95. The highest BCUT2D eigenvalue weighted by Crippen LogP contribution is 2.21. The molecule has 0 aliphatic rings. The van der Waals surface area contributed by atoms with E-state index in [4.69, 9.17) is 9.47 Å². The van der Waals surface area contributed by atoms with Crippen LogP contribution in [-0.4, -0.2) is 26.9 Å². The molecule has 0 aliphatic carbocycles. The van der Waals surface area contributed by atoms with Gasteiger partial charge in [-0.3, -0.25) is 0 Å². The molecular formula is C15H25NO2. The van der Waals surface area contributed by atoms with Crippen molar-refractivity contribution in [3.05, 3.63) is 29.8 Å². The Labute approximate surface area is 110 Å². The topological polar surface area (TPSA) is 30.5 Å². The van der Waals surface area contributed by atoms with Gasteiger partial charge in [0.25, 0.3) is 0 Å². The summed E-state index contributed by atoms with van der Waals surface area (Å²) >= 11 is 0. The van der Waals surface area contributed by atoms with E-state index < -0.39 is 0 Å². The van der Waals surface area contributed by atoms with E-state index in [1.54, 1.807) is 7.11 Å². The lowest BCUT2D eigenvalue weighted by Gasteiger charge is -2.19. The first-order valence-electron chi connectivity index (χ1n) is 6.76. The molecule has 1 aromatic rings. The third-order valence-electron chi connectivity index (χ3n) is 2.89. The van der Waals surface area contributed by atoms with E-state index in [0.717, 1.165) is 38.3 Å². The molecule has 3 nitrogen and oxygen atoms in total. The molecule has 0 bridgehead atoms. The Balaban J connectivity index is 2.66. The van der Waals surface area contributed by atoms with E-state index in [2.05, 4.69) is 24.4 Å². The van der Waals surface area contributed by atoms with Crippen molar-refractivity contribution in [2.75, 3.05) is 26.9 Å². The van der Waals surface area contributed by atoms with Crippen LogP contribution >= 0.6 is 0 Å². The molecule has 3 heteroatoms. The van der Waals surface area contributed by atoms with Gasteiger partial charge in [-0.1, -0.05) is 19.1 Å². The van der Waals surface area contributed by atoms with Crippen LogP contribution in [0.5, 0.6) is 5.75 Å².